The van der Waals surface area contributed by atoms with Crippen LogP contribution < -0.4 is 5.43 Å². The maximum atomic E-state index is 11.6. The minimum atomic E-state index is -0.0965. The molecular formula is C12H16N2OS. The Balaban J connectivity index is 1.91. The summed E-state index contributed by atoms with van der Waals surface area (Å²) in [5, 5.41) is 6.11. The summed E-state index contributed by atoms with van der Waals surface area (Å²) < 4.78 is 0. The van der Waals surface area contributed by atoms with E-state index in [-0.39, 0.29) is 5.91 Å². The number of carbonyl (C=O) groups is 1. The minimum Gasteiger partial charge on any atom is -0.266 e. The quantitative estimate of drug-likeness (QED) is 0.788. The van der Waals surface area contributed by atoms with Crippen LogP contribution in [-0.4, -0.2) is 11.6 Å². The maximum Gasteiger partial charge on any atom is 0.281 e. The monoisotopic (exact) mass is 236 g/mol. The molecule has 0 aliphatic heterocycles. The molecule has 0 radical (unpaired) electrons. The second-order valence-electron chi connectivity index (χ2n) is 4.30. The van der Waals surface area contributed by atoms with Gasteiger partial charge in [-0.05, 0) is 43.0 Å². The summed E-state index contributed by atoms with van der Waals surface area (Å²) in [6.07, 6.45) is 4.51. The number of rotatable bonds is 2. The van der Waals surface area contributed by atoms with Crippen molar-refractivity contribution >= 4 is 23.0 Å². The predicted molar refractivity (Wildman–Crippen MR) is 66.9 cm³/mol. The van der Waals surface area contributed by atoms with E-state index in [4.69, 9.17) is 0 Å². The Morgan fingerprint density at radius 3 is 3.19 bits per heavy atom. The van der Waals surface area contributed by atoms with Gasteiger partial charge in [0.15, 0.2) is 0 Å². The molecule has 1 atom stereocenters. The number of hydrogen-bond donors (Lipinski definition) is 1. The summed E-state index contributed by atoms with van der Waals surface area (Å²) in [6, 6.07) is 3.68. The lowest BCUT2D eigenvalue weighted by Crippen LogP contribution is -2.21. The fraction of sp³-hybridized carbons (Fsp3) is 0.500. The summed E-state index contributed by atoms with van der Waals surface area (Å²) in [5.74, 6) is 0.604. The van der Waals surface area contributed by atoms with Gasteiger partial charge in [-0.3, -0.25) is 4.79 Å². The first-order valence-corrected chi connectivity index (χ1v) is 6.53. The topological polar surface area (TPSA) is 41.5 Å². The molecule has 1 aliphatic carbocycles. The molecule has 2 rings (SSSR count). The molecule has 0 saturated heterocycles. The third kappa shape index (κ3) is 2.92. The Labute approximate surface area is 99.6 Å². The van der Waals surface area contributed by atoms with Crippen LogP contribution in [0.2, 0.25) is 0 Å². The van der Waals surface area contributed by atoms with E-state index in [0.717, 1.165) is 18.6 Å². The third-order valence-electron chi connectivity index (χ3n) is 2.81. The summed E-state index contributed by atoms with van der Waals surface area (Å²) in [7, 11) is 0. The molecular weight excluding hydrogens is 220 g/mol. The highest BCUT2D eigenvalue weighted by Gasteiger charge is 2.14. The molecule has 0 aromatic carbocycles. The largest absolute Gasteiger partial charge is 0.281 e. The van der Waals surface area contributed by atoms with E-state index >= 15 is 0 Å². The van der Waals surface area contributed by atoms with Crippen LogP contribution in [0.25, 0.3) is 0 Å². The first-order valence-electron chi connectivity index (χ1n) is 5.65. The molecule has 1 heterocycles. The van der Waals surface area contributed by atoms with Crippen molar-refractivity contribution in [1.82, 2.24) is 5.43 Å². The lowest BCUT2D eigenvalue weighted by Gasteiger charge is -2.18. The molecule has 1 fully saturated rings. The van der Waals surface area contributed by atoms with Crippen LogP contribution in [0.5, 0.6) is 0 Å². The predicted octanol–water partition coefficient (Wildman–Crippen LogP) is 3.04. The highest BCUT2D eigenvalue weighted by atomic mass is 32.1. The highest BCUT2D eigenvalue weighted by molar-refractivity contribution is 7.12. The first-order chi connectivity index (χ1) is 7.75. The fourth-order valence-corrected chi connectivity index (χ4v) is 2.57. The van der Waals surface area contributed by atoms with Gasteiger partial charge in [-0.15, -0.1) is 11.3 Å². The fourth-order valence-electron chi connectivity index (χ4n) is 1.96. The van der Waals surface area contributed by atoms with Gasteiger partial charge in [0, 0.05) is 5.71 Å². The Bertz CT molecular complexity index is 384. The smallest absolute Gasteiger partial charge is 0.266 e. The lowest BCUT2D eigenvalue weighted by atomic mass is 9.89. The van der Waals surface area contributed by atoms with Gasteiger partial charge >= 0.3 is 0 Å². The zero-order chi connectivity index (χ0) is 11.4. The molecule has 0 bridgehead atoms. The molecule has 1 N–H and O–H groups in total. The van der Waals surface area contributed by atoms with E-state index in [1.165, 1.54) is 24.2 Å². The second-order valence-corrected chi connectivity index (χ2v) is 5.25. The van der Waals surface area contributed by atoms with Crippen LogP contribution in [0.1, 0.15) is 42.3 Å². The van der Waals surface area contributed by atoms with Crippen LogP contribution in [0, 0.1) is 5.92 Å². The van der Waals surface area contributed by atoms with Gasteiger partial charge in [0.1, 0.15) is 0 Å². The van der Waals surface area contributed by atoms with Gasteiger partial charge in [0.2, 0.25) is 0 Å². The number of thiophene rings is 1. The molecule has 1 saturated carbocycles. The summed E-state index contributed by atoms with van der Waals surface area (Å²) in [6.45, 7) is 2.23. The van der Waals surface area contributed by atoms with E-state index < -0.39 is 0 Å². The Morgan fingerprint density at radius 2 is 2.50 bits per heavy atom. The lowest BCUT2D eigenvalue weighted by molar-refractivity contribution is 0.0958. The van der Waals surface area contributed by atoms with Crippen molar-refractivity contribution in [2.24, 2.45) is 11.0 Å². The zero-order valence-corrected chi connectivity index (χ0v) is 10.2. The molecule has 4 heteroatoms. The molecule has 16 heavy (non-hydrogen) atoms. The van der Waals surface area contributed by atoms with Crippen LogP contribution in [0.15, 0.2) is 22.6 Å². The second kappa shape index (κ2) is 5.25. The summed E-state index contributed by atoms with van der Waals surface area (Å²) in [5.41, 5.74) is 3.76. The van der Waals surface area contributed by atoms with Crippen LogP contribution >= 0.6 is 11.3 Å². The molecule has 1 aliphatic rings. The molecule has 0 unspecified atom stereocenters. The van der Waals surface area contributed by atoms with Gasteiger partial charge < -0.3 is 0 Å². The van der Waals surface area contributed by atoms with Gasteiger partial charge in [-0.25, -0.2) is 5.43 Å². The SMILES string of the molecule is C[C@H]1CCC/C(=N/NC(=O)c2cccs2)C1. The molecule has 1 amide bonds. The van der Waals surface area contributed by atoms with Gasteiger partial charge in [0.25, 0.3) is 5.91 Å². The number of amides is 1. The maximum absolute atomic E-state index is 11.6. The third-order valence-corrected chi connectivity index (χ3v) is 3.68. The average molecular weight is 236 g/mol. The van der Waals surface area contributed by atoms with Crippen molar-refractivity contribution < 1.29 is 4.79 Å². The van der Waals surface area contributed by atoms with Crippen molar-refractivity contribution in [2.45, 2.75) is 32.6 Å². The number of nitrogens with zero attached hydrogens (tertiary/aromatic N) is 1. The first kappa shape index (κ1) is 11.3. The van der Waals surface area contributed by atoms with E-state index in [9.17, 15) is 4.79 Å². The highest BCUT2D eigenvalue weighted by Crippen LogP contribution is 2.21. The Hall–Kier alpha value is -1.16. The Morgan fingerprint density at radius 1 is 1.62 bits per heavy atom. The number of hydrogen-bond acceptors (Lipinski definition) is 3. The van der Waals surface area contributed by atoms with Gasteiger partial charge in [0.05, 0.1) is 4.88 Å². The number of carbonyl (C=O) groups excluding carboxylic acids is 1. The van der Waals surface area contributed by atoms with E-state index in [1.54, 1.807) is 0 Å². The van der Waals surface area contributed by atoms with Crippen molar-refractivity contribution in [1.29, 1.82) is 0 Å². The van der Waals surface area contributed by atoms with Gasteiger partial charge in [-0.2, -0.15) is 5.10 Å². The normalized spacial score (nSPS) is 23.3. The van der Waals surface area contributed by atoms with Crippen molar-refractivity contribution in [3.05, 3.63) is 22.4 Å². The molecule has 3 nitrogen and oxygen atoms in total. The van der Waals surface area contributed by atoms with Crippen LogP contribution in [-0.2, 0) is 0 Å². The van der Waals surface area contributed by atoms with Crippen LogP contribution in [0.4, 0.5) is 0 Å². The Kier molecular flexibility index (Phi) is 3.72. The van der Waals surface area contributed by atoms with Gasteiger partial charge in [-0.1, -0.05) is 13.0 Å². The molecule has 1 aromatic rings. The molecule has 0 spiro atoms. The standard InChI is InChI=1S/C12H16N2OS/c1-9-4-2-5-10(8-9)13-14-12(15)11-6-3-7-16-11/h3,6-7,9H,2,4-5,8H2,1H3,(H,14,15)/b13-10-/t9-/m0/s1. The zero-order valence-electron chi connectivity index (χ0n) is 9.40. The average Bonchev–Trinajstić information content (AvgIpc) is 2.79. The van der Waals surface area contributed by atoms with Crippen molar-refractivity contribution in [2.75, 3.05) is 0 Å². The number of hydrazone groups is 1. The van der Waals surface area contributed by atoms with Crippen LogP contribution in [0.3, 0.4) is 0 Å². The van der Waals surface area contributed by atoms with E-state index in [0.29, 0.717) is 10.8 Å². The summed E-state index contributed by atoms with van der Waals surface area (Å²) in [4.78, 5) is 12.3. The minimum absolute atomic E-state index is 0.0965. The number of nitrogens with one attached hydrogen (secondary N) is 1. The van der Waals surface area contributed by atoms with Crippen molar-refractivity contribution in [3.8, 4) is 0 Å². The summed E-state index contributed by atoms with van der Waals surface area (Å²) >= 11 is 1.44. The molecule has 1 aromatic heterocycles. The molecule has 86 valence electrons. The van der Waals surface area contributed by atoms with E-state index in [2.05, 4.69) is 17.5 Å². The van der Waals surface area contributed by atoms with E-state index in [1.807, 2.05) is 17.5 Å². The van der Waals surface area contributed by atoms with Crippen molar-refractivity contribution in [3.63, 3.8) is 0 Å².